The molecular weight excluding hydrogens is 211 g/mol. The molecule has 13 heavy (non-hydrogen) atoms. The van der Waals surface area contributed by atoms with Gasteiger partial charge in [0.2, 0.25) is 11.5 Å². The first kappa shape index (κ1) is 10.5. The highest BCUT2D eigenvalue weighted by atomic mass is 35.6. The van der Waals surface area contributed by atoms with Crippen LogP contribution in [0, 0.1) is 0 Å². The first-order chi connectivity index (χ1) is 6.19. The Kier molecular flexibility index (Phi) is 3.71. The zero-order valence-corrected chi connectivity index (χ0v) is 9.21. The van der Waals surface area contributed by atoms with Crippen LogP contribution in [-0.2, 0) is 17.1 Å². The Morgan fingerprint density at radius 3 is 2.85 bits per heavy atom. The maximum absolute atomic E-state index is 10.4. The van der Waals surface area contributed by atoms with E-state index >= 15 is 0 Å². The molecule has 0 aromatic rings. The van der Waals surface area contributed by atoms with E-state index in [-0.39, 0.29) is 5.76 Å². The minimum atomic E-state index is -2.26. The van der Waals surface area contributed by atoms with Crippen LogP contribution in [0.1, 0.15) is 13.8 Å². The van der Waals surface area contributed by atoms with Gasteiger partial charge in [-0.1, -0.05) is 0 Å². The molecule has 1 heterocycles. The van der Waals surface area contributed by atoms with Crippen molar-refractivity contribution >= 4 is 29.9 Å². The standard InChI is InChI=1S/C7H10O4.Al.ClH/c1-3-11-7(5(2)9)6(10)4-8;;/h9-10H,3H2,1-2H3;;1H/q;+3;/p-3. The molecule has 0 unspecified atom stereocenters. The van der Waals surface area contributed by atoms with Gasteiger partial charge in [0.15, 0.2) is 5.94 Å². The van der Waals surface area contributed by atoms with Gasteiger partial charge >= 0.3 is 13.9 Å². The van der Waals surface area contributed by atoms with Crippen LogP contribution >= 0.6 is 10.0 Å². The van der Waals surface area contributed by atoms with Crippen molar-refractivity contribution in [2.45, 2.75) is 13.8 Å². The van der Waals surface area contributed by atoms with Crippen LogP contribution in [0.3, 0.4) is 0 Å². The smallest absolute Gasteiger partial charge is 0.600 e. The molecule has 4 nitrogen and oxygen atoms in total. The van der Waals surface area contributed by atoms with Gasteiger partial charge in [0, 0.05) is 0 Å². The van der Waals surface area contributed by atoms with Crippen LogP contribution in [0.4, 0.5) is 0 Å². The summed E-state index contributed by atoms with van der Waals surface area (Å²) in [6, 6.07) is 0. The molecule has 0 amide bonds. The van der Waals surface area contributed by atoms with E-state index in [4.69, 9.17) is 22.4 Å². The SMILES string of the molecule is CCOC1=C(C)[O][Al]([Cl])[O]C1=C=O. The van der Waals surface area contributed by atoms with E-state index in [0.29, 0.717) is 18.1 Å². The Morgan fingerprint density at radius 2 is 2.31 bits per heavy atom. The van der Waals surface area contributed by atoms with Crippen LogP contribution in [-0.4, -0.2) is 26.4 Å². The Balaban J connectivity index is 2.96. The Bertz CT molecular complexity index is 282. The highest BCUT2D eigenvalue weighted by Gasteiger charge is 2.39. The molecule has 1 aliphatic heterocycles. The molecule has 70 valence electrons. The van der Waals surface area contributed by atoms with E-state index in [1.54, 1.807) is 19.8 Å². The van der Waals surface area contributed by atoms with Crippen molar-refractivity contribution in [2.24, 2.45) is 0 Å². The maximum Gasteiger partial charge on any atom is 1.000 e. The lowest BCUT2D eigenvalue weighted by Gasteiger charge is -2.22. The number of allylic oxidation sites excluding steroid dienone is 1. The molecule has 1 rings (SSSR count). The zero-order valence-electron chi connectivity index (χ0n) is 7.30. The Labute approximate surface area is 85.0 Å². The molecule has 1 aliphatic rings. The van der Waals surface area contributed by atoms with Crippen molar-refractivity contribution in [3.05, 3.63) is 17.3 Å². The molecular formula is C7H8AlClO4. The number of hydrogen-bond donors (Lipinski definition) is 0. The molecule has 0 aromatic carbocycles. The normalized spacial score (nSPS) is 16.2. The largest absolute Gasteiger partial charge is 1.000 e. The van der Waals surface area contributed by atoms with E-state index in [1.165, 1.54) is 0 Å². The lowest BCUT2D eigenvalue weighted by Crippen LogP contribution is -2.23. The van der Waals surface area contributed by atoms with Gasteiger partial charge in [-0.2, -0.15) is 10.0 Å². The van der Waals surface area contributed by atoms with Crippen molar-refractivity contribution in [1.82, 2.24) is 0 Å². The second-order valence-electron chi connectivity index (χ2n) is 2.26. The van der Waals surface area contributed by atoms with Gasteiger partial charge in [0.25, 0.3) is 0 Å². The van der Waals surface area contributed by atoms with Gasteiger partial charge in [-0.05, 0) is 13.8 Å². The molecule has 0 saturated carbocycles. The fourth-order valence-corrected chi connectivity index (χ4v) is 2.35. The molecule has 0 N–H and O–H groups in total. The summed E-state index contributed by atoms with van der Waals surface area (Å²) in [6.07, 6.45) is 0. The molecule has 0 aliphatic carbocycles. The van der Waals surface area contributed by atoms with E-state index < -0.39 is 13.9 Å². The number of hydrogen-bond acceptors (Lipinski definition) is 4. The summed E-state index contributed by atoms with van der Waals surface area (Å²) in [6.45, 7) is 3.90. The zero-order chi connectivity index (χ0) is 9.84. The molecule has 0 radical (unpaired) electrons. The lowest BCUT2D eigenvalue weighted by molar-refractivity contribution is 0.165. The number of ether oxygens (including phenoxy) is 1. The summed E-state index contributed by atoms with van der Waals surface area (Å²) >= 11 is -2.26. The highest BCUT2D eigenvalue weighted by Crippen LogP contribution is 2.24. The first-order valence-electron chi connectivity index (χ1n) is 3.75. The molecule has 0 saturated heterocycles. The third kappa shape index (κ3) is 2.43. The number of rotatable bonds is 2. The first-order valence-corrected chi connectivity index (χ1v) is 6.44. The maximum atomic E-state index is 10.4. The van der Waals surface area contributed by atoms with Gasteiger partial charge in [0.1, 0.15) is 5.76 Å². The average molecular weight is 219 g/mol. The van der Waals surface area contributed by atoms with Gasteiger partial charge < -0.3 is 12.3 Å². The van der Waals surface area contributed by atoms with Crippen LogP contribution in [0.2, 0.25) is 0 Å². The van der Waals surface area contributed by atoms with Crippen molar-refractivity contribution < 1.29 is 17.1 Å². The van der Waals surface area contributed by atoms with E-state index in [0.717, 1.165) is 0 Å². The molecule has 0 fully saturated rings. The fraction of sp³-hybridized carbons (Fsp3) is 0.429. The third-order valence-electron chi connectivity index (χ3n) is 1.39. The van der Waals surface area contributed by atoms with Gasteiger partial charge in [0.05, 0.1) is 6.61 Å². The summed E-state index contributed by atoms with van der Waals surface area (Å²) < 4.78 is 15.2. The molecule has 0 spiro atoms. The lowest BCUT2D eigenvalue weighted by atomic mass is 10.4. The summed E-state index contributed by atoms with van der Waals surface area (Å²) in [5.74, 6) is 2.42. The number of halogens is 1. The summed E-state index contributed by atoms with van der Waals surface area (Å²) in [7, 11) is 5.66. The Hall–Kier alpha value is -0.588. The van der Waals surface area contributed by atoms with E-state index in [1.807, 2.05) is 0 Å². The van der Waals surface area contributed by atoms with Crippen molar-refractivity contribution in [3.8, 4) is 0 Å². The van der Waals surface area contributed by atoms with Crippen LogP contribution < -0.4 is 0 Å². The van der Waals surface area contributed by atoms with Crippen molar-refractivity contribution in [3.63, 3.8) is 0 Å². The predicted octanol–water partition coefficient (Wildman–Crippen LogP) is 1.24. The highest BCUT2D eigenvalue weighted by molar-refractivity contribution is 6.99. The fourth-order valence-electron chi connectivity index (χ4n) is 0.905. The van der Waals surface area contributed by atoms with Crippen LogP contribution in [0.15, 0.2) is 17.3 Å². The molecule has 6 heteroatoms. The van der Waals surface area contributed by atoms with Crippen molar-refractivity contribution in [2.75, 3.05) is 6.61 Å². The summed E-state index contributed by atoms with van der Waals surface area (Å²) in [5, 5.41) is 0. The molecule has 0 aromatic heterocycles. The minimum Gasteiger partial charge on any atom is -0.600 e. The van der Waals surface area contributed by atoms with Crippen LogP contribution in [0.5, 0.6) is 0 Å². The Morgan fingerprint density at radius 1 is 1.62 bits per heavy atom. The second-order valence-corrected chi connectivity index (χ2v) is 4.35. The minimum absolute atomic E-state index is 0.0114. The average Bonchev–Trinajstić information content (AvgIpc) is 2.09. The summed E-state index contributed by atoms with van der Waals surface area (Å²) in [5.41, 5.74) is 0. The number of carbonyl (C=O) groups excluding carboxylic acids is 1. The van der Waals surface area contributed by atoms with Gasteiger partial charge in [-0.3, -0.25) is 0 Å². The van der Waals surface area contributed by atoms with Gasteiger partial charge in [-0.15, -0.1) is 0 Å². The van der Waals surface area contributed by atoms with E-state index in [9.17, 15) is 4.79 Å². The quantitative estimate of drug-likeness (QED) is 0.517. The predicted molar refractivity (Wildman–Crippen MR) is 47.3 cm³/mol. The third-order valence-corrected chi connectivity index (χ3v) is 2.88. The molecule has 0 bridgehead atoms. The van der Waals surface area contributed by atoms with E-state index in [2.05, 4.69) is 0 Å². The van der Waals surface area contributed by atoms with Crippen molar-refractivity contribution in [1.29, 1.82) is 0 Å². The monoisotopic (exact) mass is 218 g/mol. The summed E-state index contributed by atoms with van der Waals surface area (Å²) in [4.78, 5) is 10.4. The molecule has 0 atom stereocenters. The topological polar surface area (TPSA) is 44.8 Å². The van der Waals surface area contributed by atoms with Crippen LogP contribution in [0.25, 0.3) is 0 Å². The second kappa shape index (κ2) is 4.59. The van der Waals surface area contributed by atoms with Gasteiger partial charge in [-0.25, -0.2) is 4.79 Å².